The summed E-state index contributed by atoms with van der Waals surface area (Å²) >= 11 is 0. The van der Waals surface area contributed by atoms with Crippen LogP contribution < -0.4 is 10.6 Å². The molecule has 2 unspecified atom stereocenters. The molecule has 6 heteroatoms. The van der Waals surface area contributed by atoms with Crippen molar-refractivity contribution in [2.24, 2.45) is 0 Å². The second-order valence-corrected chi connectivity index (χ2v) is 7.47. The summed E-state index contributed by atoms with van der Waals surface area (Å²) in [6, 6.07) is 10.3. The number of piperazine rings is 1. The van der Waals surface area contributed by atoms with Gasteiger partial charge in [0.1, 0.15) is 0 Å². The van der Waals surface area contributed by atoms with Crippen molar-refractivity contribution in [3.05, 3.63) is 35.9 Å². The lowest BCUT2D eigenvalue weighted by Gasteiger charge is -2.37. The Kier molecular flexibility index (Phi) is 6.27. The largest absolute Gasteiger partial charge is 0.352 e. The molecule has 2 atom stereocenters. The van der Waals surface area contributed by atoms with Crippen molar-refractivity contribution in [2.45, 2.75) is 44.8 Å². The third kappa shape index (κ3) is 5.29. The van der Waals surface area contributed by atoms with Crippen LogP contribution >= 0.6 is 0 Å². The van der Waals surface area contributed by atoms with Gasteiger partial charge in [-0.25, -0.2) is 0 Å². The quantitative estimate of drug-likeness (QED) is 0.767. The zero-order valence-electron chi connectivity index (χ0n) is 15.8. The molecule has 6 nitrogen and oxygen atoms in total. The zero-order valence-corrected chi connectivity index (χ0v) is 15.8. The molecule has 1 aromatic rings. The molecule has 1 aliphatic heterocycles. The van der Waals surface area contributed by atoms with E-state index in [-0.39, 0.29) is 23.9 Å². The molecule has 2 aliphatic rings. The zero-order chi connectivity index (χ0) is 18.5. The topological polar surface area (TPSA) is 64.7 Å². The number of amides is 2. The molecule has 2 fully saturated rings. The summed E-state index contributed by atoms with van der Waals surface area (Å²) in [6.45, 7) is 7.71. The molecular formula is C20H30N4O2. The van der Waals surface area contributed by atoms with E-state index in [2.05, 4.69) is 20.4 Å². The standard InChI is InChI=1S/C20H30N4O2/c1-15(17-6-4-3-5-7-17)21-20(26)16(2)24-12-10-23(11-13-24)14-19(25)22-18-8-9-18/h3-7,15-16,18H,8-14H2,1-2H3,(H,21,26)(H,22,25). The van der Waals surface area contributed by atoms with Crippen molar-refractivity contribution in [1.82, 2.24) is 20.4 Å². The van der Waals surface area contributed by atoms with Crippen LogP contribution in [-0.2, 0) is 9.59 Å². The number of hydrogen-bond acceptors (Lipinski definition) is 4. The van der Waals surface area contributed by atoms with Crippen molar-refractivity contribution < 1.29 is 9.59 Å². The summed E-state index contributed by atoms with van der Waals surface area (Å²) in [6.07, 6.45) is 2.24. The highest BCUT2D eigenvalue weighted by Gasteiger charge is 2.28. The minimum absolute atomic E-state index is 0.00133. The predicted octanol–water partition coefficient (Wildman–Crippen LogP) is 1.15. The van der Waals surface area contributed by atoms with E-state index in [1.807, 2.05) is 44.2 Å². The van der Waals surface area contributed by atoms with E-state index >= 15 is 0 Å². The SMILES string of the molecule is CC(NC(=O)C(C)N1CCN(CC(=O)NC2CC2)CC1)c1ccccc1. The Morgan fingerprint density at radius 1 is 1.08 bits per heavy atom. The van der Waals surface area contributed by atoms with Crippen LogP contribution in [0.3, 0.4) is 0 Å². The molecule has 1 heterocycles. The highest BCUT2D eigenvalue weighted by atomic mass is 16.2. The number of benzene rings is 1. The minimum Gasteiger partial charge on any atom is -0.352 e. The Hall–Kier alpha value is -1.92. The lowest BCUT2D eigenvalue weighted by Crippen LogP contribution is -2.55. The molecular weight excluding hydrogens is 328 g/mol. The Morgan fingerprint density at radius 3 is 2.35 bits per heavy atom. The van der Waals surface area contributed by atoms with Crippen LogP contribution in [0.15, 0.2) is 30.3 Å². The van der Waals surface area contributed by atoms with Crippen LogP contribution in [0.1, 0.15) is 38.3 Å². The van der Waals surface area contributed by atoms with E-state index < -0.39 is 0 Å². The Morgan fingerprint density at radius 2 is 1.73 bits per heavy atom. The molecule has 1 saturated carbocycles. The first-order chi connectivity index (χ1) is 12.5. The van der Waals surface area contributed by atoms with Gasteiger partial charge in [0.2, 0.25) is 11.8 Å². The first-order valence-electron chi connectivity index (χ1n) is 9.64. The second-order valence-electron chi connectivity index (χ2n) is 7.47. The average molecular weight is 358 g/mol. The van der Waals surface area contributed by atoms with E-state index in [0.29, 0.717) is 12.6 Å². The summed E-state index contributed by atoms with van der Waals surface area (Å²) in [5, 5.41) is 6.14. The summed E-state index contributed by atoms with van der Waals surface area (Å²) in [7, 11) is 0. The van der Waals surface area contributed by atoms with Crippen molar-refractivity contribution in [2.75, 3.05) is 32.7 Å². The molecule has 26 heavy (non-hydrogen) atoms. The molecule has 0 radical (unpaired) electrons. The van der Waals surface area contributed by atoms with Gasteiger partial charge in [0.15, 0.2) is 0 Å². The fourth-order valence-electron chi connectivity index (χ4n) is 3.34. The maximum Gasteiger partial charge on any atom is 0.237 e. The second kappa shape index (κ2) is 8.64. The van der Waals surface area contributed by atoms with E-state index in [4.69, 9.17) is 0 Å². The monoisotopic (exact) mass is 358 g/mol. The van der Waals surface area contributed by atoms with E-state index in [1.165, 1.54) is 0 Å². The maximum absolute atomic E-state index is 12.6. The molecule has 0 aromatic heterocycles. The molecule has 3 rings (SSSR count). The van der Waals surface area contributed by atoms with Crippen molar-refractivity contribution in [3.63, 3.8) is 0 Å². The fourth-order valence-corrected chi connectivity index (χ4v) is 3.34. The van der Waals surface area contributed by atoms with Crippen LogP contribution in [0.4, 0.5) is 0 Å². The number of carbonyl (C=O) groups is 2. The van der Waals surface area contributed by atoms with Gasteiger partial charge in [-0.15, -0.1) is 0 Å². The Labute approximate surface area is 155 Å². The third-order valence-electron chi connectivity index (χ3n) is 5.30. The van der Waals surface area contributed by atoms with Gasteiger partial charge in [0.25, 0.3) is 0 Å². The molecule has 142 valence electrons. The molecule has 0 bridgehead atoms. The molecule has 0 spiro atoms. The highest BCUT2D eigenvalue weighted by Crippen LogP contribution is 2.18. The van der Waals surface area contributed by atoms with Gasteiger partial charge in [-0.2, -0.15) is 0 Å². The number of nitrogens with one attached hydrogen (secondary N) is 2. The molecule has 1 aromatic carbocycles. The summed E-state index contributed by atoms with van der Waals surface area (Å²) < 4.78 is 0. The van der Waals surface area contributed by atoms with E-state index in [9.17, 15) is 9.59 Å². The molecule has 1 saturated heterocycles. The van der Waals surface area contributed by atoms with Crippen LogP contribution in [0.2, 0.25) is 0 Å². The molecule has 2 N–H and O–H groups in total. The Balaban J connectivity index is 1.41. The molecule has 2 amide bonds. The van der Waals surface area contributed by atoms with Gasteiger partial charge in [0, 0.05) is 32.2 Å². The van der Waals surface area contributed by atoms with Gasteiger partial charge in [-0.05, 0) is 32.3 Å². The lowest BCUT2D eigenvalue weighted by atomic mass is 10.1. The first-order valence-corrected chi connectivity index (χ1v) is 9.64. The minimum atomic E-state index is -0.163. The number of rotatable bonds is 7. The lowest BCUT2D eigenvalue weighted by molar-refractivity contribution is -0.128. The smallest absolute Gasteiger partial charge is 0.237 e. The predicted molar refractivity (Wildman–Crippen MR) is 102 cm³/mol. The van der Waals surface area contributed by atoms with Crippen LogP contribution in [0, 0.1) is 0 Å². The van der Waals surface area contributed by atoms with Crippen molar-refractivity contribution >= 4 is 11.8 Å². The van der Waals surface area contributed by atoms with Crippen LogP contribution in [0.25, 0.3) is 0 Å². The molecule has 1 aliphatic carbocycles. The van der Waals surface area contributed by atoms with E-state index in [0.717, 1.165) is 44.6 Å². The van der Waals surface area contributed by atoms with E-state index in [1.54, 1.807) is 0 Å². The number of carbonyl (C=O) groups excluding carboxylic acids is 2. The van der Waals surface area contributed by atoms with Crippen LogP contribution in [-0.4, -0.2) is 66.4 Å². The first kappa shape index (κ1) is 18.9. The third-order valence-corrected chi connectivity index (χ3v) is 5.30. The normalized spacial score (nSPS) is 21.0. The van der Waals surface area contributed by atoms with Crippen molar-refractivity contribution in [3.8, 4) is 0 Å². The fraction of sp³-hybridized carbons (Fsp3) is 0.600. The van der Waals surface area contributed by atoms with Gasteiger partial charge >= 0.3 is 0 Å². The van der Waals surface area contributed by atoms with Gasteiger partial charge < -0.3 is 10.6 Å². The maximum atomic E-state index is 12.6. The number of hydrogen-bond donors (Lipinski definition) is 2. The van der Waals surface area contributed by atoms with Gasteiger partial charge in [0.05, 0.1) is 18.6 Å². The van der Waals surface area contributed by atoms with Crippen molar-refractivity contribution in [1.29, 1.82) is 0 Å². The Bertz CT molecular complexity index is 609. The average Bonchev–Trinajstić information content (AvgIpc) is 3.46. The number of nitrogens with zero attached hydrogens (tertiary/aromatic N) is 2. The van der Waals surface area contributed by atoms with Crippen LogP contribution in [0.5, 0.6) is 0 Å². The van der Waals surface area contributed by atoms with Gasteiger partial charge in [-0.1, -0.05) is 30.3 Å². The summed E-state index contributed by atoms with van der Waals surface area (Å²) in [5.41, 5.74) is 1.11. The highest BCUT2D eigenvalue weighted by molar-refractivity contribution is 5.81. The summed E-state index contributed by atoms with van der Waals surface area (Å²) in [4.78, 5) is 28.9. The van der Waals surface area contributed by atoms with Gasteiger partial charge in [-0.3, -0.25) is 19.4 Å². The summed E-state index contributed by atoms with van der Waals surface area (Å²) in [5.74, 6) is 0.185.